The standard InChI is InChI=1S/2C9H20N3S2.Ni/c2*1-10-8(13)6-4-3-5-7(12-6)9(14)11-2;/h2*6-11,13-14H,3-5H2,1-2H3;/q2*-1;/p-4. The van der Waals surface area contributed by atoms with Crippen LogP contribution in [-0.2, 0) is 67.0 Å². The van der Waals surface area contributed by atoms with Crippen LogP contribution in [0.1, 0.15) is 38.5 Å². The van der Waals surface area contributed by atoms with E-state index in [0.29, 0.717) is 0 Å². The van der Waals surface area contributed by atoms with Crippen molar-refractivity contribution in [3.63, 3.8) is 0 Å². The van der Waals surface area contributed by atoms with E-state index in [9.17, 15) is 0 Å². The summed E-state index contributed by atoms with van der Waals surface area (Å²) in [6.45, 7) is 0. The number of rotatable bonds is 8. The van der Waals surface area contributed by atoms with Gasteiger partial charge in [-0.25, -0.2) is 0 Å². The Morgan fingerprint density at radius 1 is 0.552 bits per heavy atom. The van der Waals surface area contributed by atoms with Crippen molar-refractivity contribution >= 4 is 50.5 Å². The van der Waals surface area contributed by atoms with E-state index in [2.05, 4.69) is 31.9 Å². The van der Waals surface area contributed by atoms with Gasteiger partial charge in [-0.05, 0) is 28.2 Å². The zero-order chi connectivity index (χ0) is 21.1. The van der Waals surface area contributed by atoms with Crippen LogP contribution in [0.15, 0.2) is 0 Å². The van der Waals surface area contributed by atoms with Crippen LogP contribution in [0.5, 0.6) is 0 Å². The van der Waals surface area contributed by atoms with E-state index in [1.807, 2.05) is 28.2 Å². The van der Waals surface area contributed by atoms with Crippen LogP contribution >= 0.6 is 0 Å². The Hall–Kier alpha value is 1.65. The van der Waals surface area contributed by atoms with Gasteiger partial charge >= 0.3 is 0 Å². The average Bonchev–Trinajstić information content (AvgIpc) is 2.77. The number of nitrogens with zero attached hydrogens (tertiary/aromatic N) is 2. The van der Waals surface area contributed by atoms with Crippen molar-refractivity contribution in [2.24, 2.45) is 0 Å². The molecule has 8 atom stereocenters. The maximum atomic E-state index is 5.27. The van der Waals surface area contributed by atoms with E-state index < -0.39 is 0 Å². The number of hydrogen-bond donors (Lipinski definition) is 4. The molecule has 4 N–H and O–H groups in total. The van der Waals surface area contributed by atoms with Crippen LogP contribution in [0.25, 0.3) is 10.6 Å². The smallest absolute Gasteiger partial charge is 0 e. The van der Waals surface area contributed by atoms with Crippen molar-refractivity contribution in [1.29, 1.82) is 0 Å². The summed E-state index contributed by atoms with van der Waals surface area (Å²) in [5.41, 5.74) is 0. The van der Waals surface area contributed by atoms with Gasteiger partial charge in [-0.1, -0.05) is 38.5 Å². The van der Waals surface area contributed by atoms with Crippen LogP contribution in [0.2, 0.25) is 0 Å². The third-order valence-electron chi connectivity index (χ3n) is 5.30. The Bertz CT molecular complexity index is 347. The second kappa shape index (κ2) is 17.2. The van der Waals surface area contributed by atoms with E-state index in [-0.39, 0.29) is 62.2 Å². The molecule has 0 aromatic carbocycles. The Balaban J connectivity index is 0.000000523. The van der Waals surface area contributed by atoms with E-state index >= 15 is 0 Å². The quantitative estimate of drug-likeness (QED) is 0.277. The molecule has 2 fully saturated rings. The molecule has 0 saturated carbocycles. The molecule has 0 spiro atoms. The van der Waals surface area contributed by atoms with Crippen LogP contribution in [0.3, 0.4) is 0 Å². The molecule has 6 nitrogen and oxygen atoms in total. The van der Waals surface area contributed by atoms with Crippen molar-refractivity contribution in [2.45, 2.75) is 84.2 Å². The van der Waals surface area contributed by atoms with E-state index in [0.717, 1.165) is 25.7 Å². The van der Waals surface area contributed by atoms with Crippen molar-refractivity contribution in [3.05, 3.63) is 10.6 Å². The summed E-state index contributed by atoms with van der Waals surface area (Å²) in [6, 6.07) is 1.03. The normalized spacial score (nSPS) is 31.4. The maximum Gasteiger partial charge on any atom is 0 e. The predicted molar refractivity (Wildman–Crippen MR) is 130 cm³/mol. The Morgan fingerprint density at radius 2 is 0.759 bits per heavy atom. The summed E-state index contributed by atoms with van der Waals surface area (Å²) < 4.78 is 0. The molecular formula is C18H36N6NiS4-6. The summed E-state index contributed by atoms with van der Waals surface area (Å²) in [6.07, 6.45) is 6.74. The van der Waals surface area contributed by atoms with Crippen LogP contribution in [0, 0.1) is 0 Å². The molecule has 0 amide bonds. The van der Waals surface area contributed by atoms with Gasteiger partial charge in [0, 0.05) is 16.5 Å². The topological polar surface area (TPSA) is 76.3 Å². The molecule has 0 aromatic heterocycles. The van der Waals surface area contributed by atoms with Gasteiger partial charge in [0.25, 0.3) is 0 Å². The molecule has 0 aliphatic carbocycles. The molecule has 2 saturated heterocycles. The molecule has 2 aliphatic heterocycles. The third-order valence-corrected chi connectivity index (χ3v) is 7.50. The SMILES string of the molecule is CNC([S-])C1CCCC(C([S-])NC)[N-]1.CNC([S-])C1CCCC(C([S-])NC)[N-]1.[Ni]. The summed E-state index contributed by atoms with van der Waals surface area (Å²) in [7, 11) is 7.56. The monoisotopic (exact) mass is 522 g/mol. The first-order valence-electron chi connectivity index (χ1n) is 10.1. The summed E-state index contributed by atoms with van der Waals surface area (Å²) in [4.78, 5) is 0. The second-order valence-corrected chi connectivity index (χ2v) is 9.30. The van der Waals surface area contributed by atoms with Crippen molar-refractivity contribution < 1.29 is 16.5 Å². The minimum Gasteiger partial charge on any atom is -0.776 e. The largest absolute Gasteiger partial charge is 0.776 e. The molecular weight excluding hydrogens is 487 g/mol. The van der Waals surface area contributed by atoms with Crippen LogP contribution < -0.4 is 21.3 Å². The average molecular weight is 523 g/mol. The summed E-state index contributed by atoms with van der Waals surface area (Å²) >= 11 is 21.1. The number of nitrogens with one attached hydrogen (secondary N) is 4. The van der Waals surface area contributed by atoms with Gasteiger partial charge < -0.3 is 82.4 Å². The van der Waals surface area contributed by atoms with Gasteiger partial charge in [0.2, 0.25) is 0 Å². The molecule has 178 valence electrons. The van der Waals surface area contributed by atoms with Crippen LogP contribution in [0.4, 0.5) is 0 Å². The fraction of sp³-hybridized carbons (Fsp3) is 1.00. The molecule has 2 heterocycles. The van der Waals surface area contributed by atoms with E-state index in [1.54, 1.807) is 0 Å². The molecule has 8 unspecified atom stereocenters. The third kappa shape index (κ3) is 10.9. The molecule has 0 bridgehead atoms. The predicted octanol–water partition coefficient (Wildman–Crippen LogP) is 0.930. The Kier molecular flexibility index (Phi) is 18.2. The number of hydrogen-bond acceptors (Lipinski definition) is 8. The van der Waals surface area contributed by atoms with Gasteiger partial charge in [0.15, 0.2) is 0 Å². The first-order valence-corrected chi connectivity index (χ1v) is 12.0. The Morgan fingerprint density at radius 3 is 0.931 bits per heavy atom. The molecule has 0 aromatic rings. The van der Waals surface area contributed by atoms with Gasteiger partial charge in [-0.3, -0.25) is 0 Å². The molecule has 11 heteroatoms. The Labute approximate surface area is 210 Å². The number of likely N-dealkylation sites (N-methyl/N-ethyl adjacent to an activating group) is 4. The summed E-state index contributed by atoms with van der Waals surface area (Å²) in [5, 5.41) is 21.9. The summed E-state index contributed by atoms with van der Waals surface area (Å²) in [5.74, 6) is 0. The van der Waals surface area contributed by atoms with Gasteiger partial charge in [-0.2, -0.15) is 0 Å². The van der Waals surface area contributed by atoms with E-state index in [4.69, 9.17) is 50.5 Å². The second-order valence-electron chi connectivity index (χ2n) is 7.27. The molecule has 2 aliphatic rings. The fourth-order valence-electron chi connectivity index (χ4n) is 3.55. The molecule has 2 rings (SSSR count). The zero-order valence-corrected chi connectivity index (χ0v) is 22.0. The van der Waals surface area contributed by atoms with Crippen LogP contribution in [-0.4, -0.2) is 73.9 Å². The van der Waals surface area contributed by atoms with Gasteiger partial charge in [0.1, 0.15) is 0 Å². The molecule has 0 radical (unpaired) electrons. The first-order chi connectivity index (χ1) is 13.4. The van der Waals surface area contributed by atoms with Crippen molar-refractivity contribution in [3.8, 4) is 0 Å². The zero-order valence-electron chi connectivity index (χ0n) is 17.7. The minimum atomic E-state index is 0. The fourth-order valence-corrected chi connectivity index (χ4v) is 4.38. The van der Waals surface area contributed by atoms with Crippen molar-refractivity contribution in [1.82, 2.24) is 21.3 Å². The molecule has 29 heavy (non-hydrogen) atoms. The van der Waals surface area contributed by atoms with Gasteiger partial charge in [0.05, 0.1) is 0 Å². The van der Waals surface area contributed by atoms with Gasteiger partial charge in [-0.15, -0.1) is 45.7 Å². The first kappa shape index (κ1) is 30.7. The van der Waals surface area contributed by atoms with Crippen molar-refractivity contribution in [2.75, 3.05) is 28.2 Å². The maximum absolute atomic E-state index is 5.27. The van der Waals surface area contributed by atoms with E-state index in [1.165, 1.54) is 12.8 Å². The number of piperidine rings is 2. The minimum absolute atomic E-state index is 0.